The zero-order valence-corrected chi connectivity index (χ0v) is 13.1. The number of primary amides is 1. The van der Waals surface area contributed by atoms with Crippen LogP contribution in [0.15, 0.2) is 11.2 Å². The molecule has 1 amide bonds. The molecule has 0 spiro atoms. The average molecular weight is 294 g/mol. The van der Waals surface area contributed by atoms with Gasteiger partial charge in [-0.05, 0) is 46.1 Å². The third kappa shape index (κ3) is 4.18. The number of nitrogens with zero attached hydrogens (tertiary/aromatic N) is 2. The van der Waals surface area contributed by atoms with E-state index in [1.165, 1.54) is 0 Å². The topological polar surface area (TPSA) is 80.9 Å². The van der Waals surface area contributed by atoms with Crippen molar-refractivity contribution in [3.05, 3.63) is 17.5 Å². The van der Waals surface area contributed by atoms with Gasteiger partial charge in [0.1, 0.15) is 0 Å². The minimum Gasteiger partial charge on any atom is -0.368 e. The lowest BCUT2D eigenvalue weighted by atomic mass is 9.98. The van der Waals surface area contributed by atoms with Gasteiger partial charge in [0.2, 0.25) is 5.91 Å². The number of aryl methyl sites for hydroxylation is 2. The van der Waals surface area contributed by atoms with Gasteiger partial charge >= 0.3 is 0 Å². The van der Waals surface area contributed by atoms with Gasteiger partial charge < -0.3 is 11.1 Å². The van der Waals surface area contributed by atoms with Gasteiger partial charge in [-0.2, -0.15) is 0 Å². The van der Waals surface area contributed by atoms with Crippen molar-refractivity contribution >= 4 is 17.7 Å². The number of hydrogen-bond donors (Lipinski definition) is 2. The van der Waals surface area contributed by atoms with E-state index in [9.17, 15) is 4.79 Å². The largest absolute Gasteiger partial charge is 0.368 e. The number of thioether (sulfide) groups is 1. The SMILES string of the molecule is Cc1cc(C)nc(SCCC(C)(NC2CC2)C(N)=O)n1. The van der Waals surface area contributed by atoms with Crippen LogP contribution in [0.25, 0.3) is 0 Å². The van der Waals surface area contributed by atoms with Crippen LogP contribution in [-0.4, -0.2) is 33.2 Å². The van der Waals surface area contributed by atoms with Gasteiger partial charge in [0.15, 0.2) is 5.16 Å². The first-order valence-corrected chi connectivity index (χ1v) is 7.90. The van der Waals surface area contributed by atoms with Crippen LogP contribution in [0.5, 0.6) is 0 Å². The predicted molar refractivity (Wildman–Crippen MR) is 80.6 cm³/mol. The summed E-state index contributed by atoms with van der Waals surface area (Å²) in [7, 11) is 0. The van der Waals surface area contributed by atoms with Gasteiger partial charge in [0, 0.05) is 23.2 Å². The summed E-state index contributed by atoms with van der Waals surface area (Å²) in [6.07, 6.45) is 2.95. The van der Waals surface area contributed by atoms with Gasteiger partial charge in [-0.1, -0.05) is 11.8 Å². The molecule has 1 aliphatic rings. The first kappa shape index (κ1) is 15.3. The van der Waals surface area contributed by atoms with Crippen molar-refractivity contribution in [1.29, 1.82) is 0 Å². The minimum absolute atomic E-state index is 0.286. The number of carbonyl (C=O) groups is 1. The molecule has 0 aromatic carbocycles. The Balaban J connectivity index is 1.90. The van der Waals surface area contributed by atoms with Crippen LogP contribution < -0.4 is 11.1 Å². The van der Waals surface area contributed by atoms with E-state index in [0.717, 1.165) is 35.1 Å². The standard InChI is InChI=1S/C14H22N4OS/c1-9-8-10(2)17-13(16-9)20-7-6-14(3,12(15)19)18-11-4-5-11/h8,11,18H,4-7H2,1-3H3,(H2,15,19). The molecule has 1 aromatic rings. The van der Waals surface area contributed by atoms with Crippen LogP contribution >= 0.6 is 11.8 Å². The third-order valence-corrected chi connectivity index (χ3v) is 4.29. The summed E-state index contributed by atoms with van der Waals surface area (Å²) in [4.78, 5) is 20.4. The fourth-order valence-corrected chi connectivity index (χ4v) is 3.16. The lowest BCUT2D eigenvalue weighted by Gasteiger charge is -2.27. The van der Waals surface area contributed by atoms with E-state index < -0.39 is 5.54 Å². The maximum atomic E-state index is 11.7. The van der Waals surface area contributed by atoms with Crippen molar-refractivity contribution in [2.45, 2.75) is 56.8 Å². The normalized spacial score (nSPS) is 17.8. The molecule has 1 saturated carbocycles. The second-order valence-electron chi connectivity index (χ2n) is 5.65. The lowest BCUT2D eigenvalue weighted by Crippen LogP contribution is -2.54. The molecule has 1 atom stereocenters. The molecule has 0 bridgehead atoms. The van der Waals surface area contributed by atoms with E-state index in [2.05, 4.69) is 15.3 Å². The monoisotopic (exact) mass is 294 g/mol. The molecule has 1 aromatic heterocycles. The number of hydrogen-bond acceptors (Lipinski definition) is 5. The van der Waals surface area contributed by atoms with Gasteiger partial charge in [-0.15, -0.1) is 0 Å². The molecule has 1 fully saturated rings. The van der Waals surface area contributed by atoms with Crippen molar-refractivity contribution in [3.63, 3.8) is 0 Å². The predicted octanol–water partition coefficient (Wildman–Crippen LogP) is 1.57. The number of aromatic nitrogens is 2. The van der Waals surface area contributed by atoms with Crippen molar-refractivity contribution in [1.82, 2.24) is 15.3 Å². The highest BCUT2D eigenvalue weighted by molar-refractivity contribution is 7.99. The highest BCUT2D eigenvalue weighted by Gasteiger charge is 2.36. The molecule has 6 heteroatoms. The smallest absolute Gasteiger partial charge is 0.237 e. The Bertz CT molecular complexity index is 484. The van der Waals surface area contributed by atoms with Crippen LogP contribution in [0.3, 0.4) is 0 Å². The molecule has 0 radical (unpaired) electrons. The van der Waals surface area contributed by atoms with Gasteiger partial charge in [0.25, 0.3) is 0 Å². The zero-order valence-electron chi connectivity index (χ0n) is 12.3. The maximum Gasteiger partial charge on any atom is 0.237 e. The summed E-state index contributed by atoms with van der Waals surface area (Å²) in [5, 5.41) is 4.11. The number of nitrogens with one attached hydrogen (secondary N) is 1. The Morgan fingerprint density at radius 1 is 1.45 bits per heavy atom. The van der Waals surface area contributed by atoms with Gasteiger partial charge in [-0.3, -0.25) is 4.79 Å². The maximum absolute atomic E-state index is 11.7. The Morgan fingerprint density at radius 2 is 2.05 bits per heavy atom. The second kappa shape index (κ2) is 6.10. The molecule has 20 heavy (non-hydrogen) atoms. The van der Waals surface area contributed by atoms with E-state index >= 15 is 0 Å². The van der Waals surface area contributed by atoms with Crippen molar-refractivity contribution < 1.29 is 4.79 Å². The molecule has 1 aliphatic carbocycles. The lowest BCUT2D eigenvalue weighted by molar-refractivity contribution is -0.124. The number of nitrogens with two attached hydrogens (primary N) is 1. The quantitative estimate of drug-likeness (QED) is 0.589. The summed E-state index contributed by atoms with van der Waals surface area (Å²) in [5.41, 5.74) is 6.83. The van der Waals surface area contributed by atoms with Crippen LogP contribution in [0.2, 0.25) is 0 Å². The van der Waals surface area contributed by atoms with E-state index in [1.807, 2.05) is 26.8 Å². The first-order chi connectivity index (χ1) is 9.39. The van der Waals surface area contributed by atoms with E-state index in [0.29, 0.717) is 12.5 Å². The van der Waals surface area contributed by atoms with Gasteiger partial charge in [0.05, 0.1) is 5.54 Å². The molecular weight excluding hydrogens is 272 g/mol. The molecule has 2 rings (SSSR count). The van der Waals surface area contributed by atoms with Crippen LogP contribution in [0.4, 0.5) is 0 Å². The Hall–Kier alpha value is -1.14. The average Bonchev–Trinajstić information content (AvgIpc) is 3.11. The number of rotatable bonds is 7. The summed E-state index contributed by atoms with van der Waals surface area (Å²) in [6.45, 7) is 5.80. The summed E-state index contributed by atoms with van der Waals surface area (Å²) in [6, 6.07) is 2.40. The van der Waals surface area contributed by atoms with Gasteiger partial charge in [-0.25, -0.2) is 9.97 Å². The highest BCUT2D eigenvalue weighted by Crippen LogP contribution is 2.26. The Labute approximate surface area is 124 Å². The molecule has 110 valence electrons. The highest BCUT2D eigenvalue weighted by atomic mass is 32.2. The molecule has 1 heterocycles. The third-order valence-electron chi connectivity index (χ3n) is 3.44. The van der Waals surface area contributed by atoms with E-state index in [4.69, 9.17) is 5.73 Å². The Kier molecular flexibility index (Phi) is 4.65. The van der Waals surface area contributed by atoms with Crippen molar-refractivity contribution in [3.8, 4) is 0 Å². The molecule has 3 N–H and O–H groups in total. The van der Waals surface area contributed by atoms with Crippen LogP contribution in [-0.2, 0) is 4.79 Å². The summed E-state index contributed by atoms with van der Waals surface area (Å²) < 4.78 is 0. The molecule has 0 aliphatic heterocycles. The number of amides is 1. The molecule has 1 unspecified atom stereocenters. The molecular formula is C14H22N4OS. The zero-order chi connectivity index (χ0) is 14.8. The summed E-state index contributed by atoms with van der Waals surface area (Å²) in [5.74, 6) is 0.480. The van der Waals surface area contributed by atoms with E-state index in [-0.39, 0.29) is 5.91 Å². The second-order valence-corrected chi connectivity index (χ2v) is 6.71. The van der Waals surface area contributed by atoms with Crippen molar-refractivity contribution in [2.24, 2.45) is 5.73 Å². The molecule has 5 nitrogen and oxygen atoms in total. The number of carbonyl (C=O) groups excluding carboxylic acids is 1. The van der Waals surface area contributed by atoms with Crippen molar-refractivity contribution in [2.75, 3.05) is 5.75 Å². The molecule has 0 saturated heterocycles. The fraction of sp³-hybridized carbons (Fsp3) is 0.643. The Morgan fingerprint density at radius 3 is 2.55 bits per heavy atom. The first-order valence-electron chi connectivity index (χ1n) is 6.92. The van der Waals surface area contributed by atoms with E-state index in [1.54, 1.807) is 11.8 Å². The fourth-order valence-electron chi connectivity index (χ4n) is 2.05. The van der Waals surface area contributed by atoms with Crippen LogP contribution in [0.1, 0.15) is 37.6 Å². The minimum atomic E-state index is -0.632. The summed E-state index contributed by atoms with van der Waals surface area (Å²) >= 11 is 1.57. The van der Waals surface area contributed by atoms with Crippen LogP contribution in [0, 0.1) is 13.8 Å².